The fraction of sp³-hybridized carbons (Fsp3) is 0.677. The van der Waals surface area contributed by atoms with Crippen LogP contribution in [0.25, 0.3) is 0 Å². The van der Waals surface area contributed by atoms with Gasteiger partial charge in [-0.2, -0.15) is 0 Å². The van der Waals surface area contributed by atoms with Crippen molar-refractivity contribution in [3.05, 3.63) is 144 Å². The first-order chi connectivity index (χ1) is 55.0. The molecule has 114 heavy (non-hydrogen) atoms. The normalized spacial score (nSPS) is 25.2. The Kier molecular flexibility index (Phi) is 29.3. The van der Waals surface area contributed by atoms with Crippen molar-refractivity contribution in [2.45, 2.75) is 207 Å². The quantitative estimate of drug-likeness (QED) is 0.0681. The Morgan fingerprint density at radius 1 is 0.325 bits per heavy atom. The molecular formula is C93H142F2N18O. The van der Waals surface area contributed by atoms with Crippen LogP contribution in [0.5, 0.6) is 0 Å². The lowest BCUT2D eigenvalue weighted by atomic mass is 9.71. The molecule has 6 bridgehead atoms. The minimum Gasteiger partial charge on any atom is -0.370 e. The molecule has 6 aromatic heterocycles. The molecular weight excluding hydrogens is 1420 g/mol. The predicted octanol–water partition coefficient (Wildman–Crippen LogP) is 14.9. The summed E-state index contributed by atoms with van der Waals surface area (Å²) >= 11 is 0. The van der Waals surface area contributed by atoms with Crippen molar-refractivity contribution in [1.82, 2.24) is 61.8 Å². The van der Waals surface area contributed by atoms with Crippen molar-refractivity contribution >= 4 is 34.1 Å². The van der Waals surface area contributed by atoms with Crippen LogP contribution in [0, 0.1) is 39.9 Å². The highest BCUT2D eigenvalue weighted by Crippen LogP contribution is 2.44. The molecule has 0 aliphatic carbocycles. The number of anilines is 6. The third-order valence-corrected chi connectivity index (χ3v) is 27.2. The van der Waals surface area contributed by atoms with Crippen molar-refractivity contribution in [3.8, 4) is 0 Å². The van der Waals surface area contributed by atoms with Gasteiger partial charge in [-0.15, -0.1) is 0 Å². The van der Waals surface area contributed by atoms with Crippen molar-refractivity contribution in [2.75, 3.05) is 186 Å². The lowest BCUT2D eigenvalue weighted by Gasteiger charge is -2.48. The van der Waals surface area contributed by atoms with Gasteiger partial charge in [-0.3, -0.25) is 29.9 Å². The van der Waals surface area contributed by atoms with Crippen LogP contribution in [-0.2, 0) is 4.74 Å². The number of morpholine rings is 2. The van der Waals surface area contributed by atoms with E-state index in [-0.39, 0.29) is 0 Å². The topological polar surface area (TPSA) is 178 Å². The summed E-state index contributed by atoms with van der Waals surface area (Å²) in [6.07, 6.45) is 27.6. The molecule has 624 valence electrons. The fourth-order valence-electron chi connectivity index (χ4n) is 19.4. The van der Waals surface area contributed by atoms with Gasteiger partial charge in [-0.05, 0) is 246 Å². The van der Waals surface area contributed by atoms with Crippen molar-refractivity contribution in [3.63, 3.8) is 0 Å². The second-order valence-electron chi connectivity index (χ2n) is 37.8. The summed E-state index contributed by atoms with van der Waals surface area (Å²) in [4.78, 5) is 41.9. The maximum atomic E-state index is 14.1. The summed E-state index contributed by atoms with van der Waals surface area (Å²) < 4.78 is 34.1. The summed E-state index contributed by atoms with van der Waals surface area (Å²) in [5.74, 6) is 0.862. The number of alkyl halides is 2. The van der Waals surface area contributed by atoms with E-state index in [2.05, 4.69) is 254 Å². The number of hydrogen-bond acceptors (Lipinski definition) is 19. The Bertz CT molecular complexity index is 3700. The second-order valence-corrected chi connectivity index (χ2v) is 37.8. The van der Waals surface area contributed by atoms with Crippen LogP contribution in [-0.4, -0.2) is 205 Å². The molecule has 12 aliphatic heterocycles. The van der Waals surface area contributed by atoms with Crippen molar-refractivity contribution in [1.29, 1.82) is 0 Å². The molecule has 6 N–H and O–H groups in total. The Morgan fingerprint density at radius 2 is 0.649 bits per heavy atom. The Labute approximate surface area is 683 Å². The standard InChI is InChI=1S/2C17H27N3.C15H21F2N3.2C15H23N3.C14H21N3O/c1-14(2)16-5-4-15(12-19-16)20-11-3-6-17(13-20)7-9-18-10-8-17;1-14(2)16-4-3-15(13-19-16)20-11-7-17(8-12-20)5-9-18-10-6-17;1-10(2)14-4-3-13(7-19-14)20-8-11-5-18-6-12(9-20)15(11,16)17;1-11(2)15-4-3-14(8-17-15)18-9-12-5-13(10-18)7-16-6-12;1-12(2)14-4-3-13(9-17-14)18-7-5-15(6-8-18)10-16-11-15;1-10(2)14-4-3-11(5-16-14)17-8-12-6-15-7-13(9-17)18-12/h4-5,12,14,18H,3,6-11,13H2,1-2H3;3-4,13-14,18H,5-12H2,1-2H3;3-4,7,10-12,18H,5-6,8-9H2,1-2H3;3-4,8,11-13,16H,5-7,9-10H2,1-2H3;3-4,9,12,16H,5-8,10-11H2,1-2H3;3-5,10,12-13,15H,6-9H2,1-2H3. The minimum absolute atomic E-state index is 0.322. The van der Waals surface area contributed by atoms with E-state index in [1.54, 1.807) is 0 Å². The number of nitrogens with zero attached hydrogens (tertiary/aromatic N) is 12. The number of pyridine rings is 6. The average molecular weight is 1570 g/mol. The number of ether oxygens (including phenoxy) is 1. The van der Waals surface area contributed by atoms with Gasteiger partial charge in [0.1, 0.15) is 0 Å². The van der Waals surface area contributed by atoms with Gasteiger partial charge in [0.2, 0.25) is 0 Å². The highest BCUT2D eigenvalue weighted by molar-refractivity contribution is 5.51. The van der Waals surface area contributed by atoms with E-state index >= 15 is 0 Å². The van der Waals surface area contributed by atoms with Crippen LogP contribution in [0.2, 0.25) is 0 Å². The smallest absolute Gasteiger partial charge is 0.259 e. The molecule has 3 spiro atoms. The molecule has 6 aromatic rings. The van der Waals surface area contributed by atoms with Crippen LogP contribution in [0.15, 0.2) is 110 Å². The van der Waals surface area contributed by atoms with Gasteiger partial charge in [0.05, 0.1) is 95.3 Å². The van der Waals surface area contributed by atoms with Crippen molar-refractivity contribution < 1.29 is 13.5 Å². The highest BCUT2D eigenvalue weighted by Gasteiger charge is 2.54. The third kappa shape index (κ3) is 22.2. The lowest BCUT2D eigenvalue weighted by Crippen LogP contribution is -2.62. The van der Waals surface area contributed by atoms with Gasteiger partial charge in [0.15, 0.2) is 0 Å². The molecule has 0 saturated carbocycles. The minimum atomic E-state index is -2.53. The number of piperidine rings is 9. The molecule has 12 aliphatic rings. The van der Waals surface area contributed by atoms with Crippen LogP contribution < -0.4 is 61.3 Å². The monoisotopic (exact) mass is 1570 g/mol. The predicted molar refractivity (Wildman–Crippen MR) is 466 cm³/mol. The van der Waals surface area contributed by atoms with Gasteiger partial charge in [0.25, 0.3) is 5.92 Å². The Morgan fingerprint density at radius 3 is 1.00 bits per heavy atom. The van der Waals surface area contributed by atoms with Crippen molar-refractivity contribution in [2.24, 2.45) is 39.9 Å². The molecule has 6 atom stereocenters. The number of nitrogens with one attached hydrogen (secondary N) is 6. The van der Waals surface area contributed by atoms with E-state index in [1.807, 2.05) is 30.7 Å². The maximum absolute atomic E-state index is 14.1. The molecule has 12 fully saturated rings. The number of aromatic nitrogens is 6. The van der Waals surface area contributed by atoms with E-state index < -0.39 is 17.8 Å². The van der Waals surface area contributed by atoms with Crippen LogP contribution in [0.3, 0.4) is 0 Å². The molecule has 0 amide bonds. The molecule has 6 unspecified atom stereocenters. The molecule has 19 nitrogen and oxygen atoms in total. The highest BCUT2D eigenvalue weighted by atomic mass is 19.3. The second kappa shape index (κ2) is 39.2. The summed E-state index contributed by atoms with van der Waals surface area (Å²) in [6, 6.07) is 26.1. The zero-order chi connectivity index (χ0) is 80.0. The number of rotatable bonds is 12. The van der Waals surface area contributed by atoms with Gasteiger partial charge < -0.3 is 66.0 Å². The van der Waals surface area contributed by atoms with Crippen LogP contribution in [0.1, 0.15) is 223 Å². The molecule has 18 rings (SSSR count). The zero-order valence-electron chi connectivity index (χ0n) is 71.6. The first-order valence-electron chi connectivity index (χ1n) is 44.5. The van der Waals surface area contributed by atoms with Gasteiger partial charge >= 0.3 is 0 Å². The van der Waals surface area contributed by atoms with E-state index in [9.17, 15) is 8.78 Å². The van der Waals surface area contributed by atoms with E-state index in [0.29, 0.717) is 90.1 Å². The van der Waals surface area contributed by atoms with E-state index in [0.717, 1.165) is 55.1 Å². The largest absolute Gasteiger partial charge is 0.370 e. The SMILES string of the molecule is CC(C)c1ccc(N2CC3CNCC(C2)C3(F)F)cn1.CC(C)c1ccc(N2CC3CNCC(C2)O3)cn1.CC(C)c1ccc(N2CC3CNCC(C3)C2)cn1.CC(C)c1ccc(N2CCC3(CC2)CNC3)cn1.CC(C)c1ccc(N2CCC3(CCNCC3)CC2)cn1.CC(C)c1ccc(N2CCCC3(CCNCC3)C2)cn1. The Balaban J connectivity index is 0.000000119. The molecule has 0 aromatic carbocycles. The fourth-order valence-corrected chi connectivity index (χ4v) is 19.4. The van der Waals surface area contributed by atoms with Crippen LogP contribution in [0.4, 0.5) is 42.9 Å². The van der Waals surface area contributed by atoms with E-state index in [1.165, 1.54) is 227 Å². The van der Waals surface area contributed by atoms with Gasteiger partial charge in [0, 0.05) is 152 Å². The number of fused-ring (bicyclic) bond motifs is 6. The first kappa shape index (κ1) is 85.2. The van der Waals surface area contributed by atoms with Gasteiger partial charge in [-0.1, -0.05) is 83.1 Å². The molecule has 21 heteroatoms. The summed E-state index contributed by atoms with van der Waals surface area (Å²) in [6.45, 7) is 50.8. The number of hydrogen-bond donors (Lipinski definition) is 6. The zero-order valence-corrected chi connectivity index (χ0v) is 71.6. The summed E-state index contributed by atoms with van der Waals surface area (Å²) in [5, 5.41) is 20.5. The maximum Gasteiger partial charge on any atom is 0.259 e. The molecule has 18 heterocycles. The first-order valence-corrected chi connectivity index (χ1v) is 44.5. The average Bonchev–Trinajstić information content (AvgIpc) is 0.774. The molecule has 0 radical (unpaired) electrons. The summed E-state index contributed by atoms with van der Waals surface area (Å²) in [7, 11) is 0. The van der Waals surface area contributed by atoms with Crippen LogP contribution >= 0.6 is 0 Å². The molecule has 12 saturated heterocycles. The Hall–Kier alpha value is -6.72. The van der Waals surface area contributed by atoms with E-state index in [4.69, 9.17) is 4.74 Å². The van der Waals surface area contributed by atoms with Gasteiger partial charge in [-0.25, -0.2) is 8.78 Å². The lowest BCUT2D eigenvalue weighted by molar-refractivity contribution is -0.130. The summed E-state index contributed by atoms with van der Waals surface area (Å²) in [5.41, 5.74) is 16.2. The third-order valence-electron chi connectivity index (χ3n) is 27.2. The number of halogens is 2.